The lowest BCUT2D eigenvalue weighted by atomic mass is 9.95. The molecular weight excluding hydrogens is 126 g/mol. The third-order valence-corrected chi connectivity index (χ3v) is 2.32. The minimum Gasteiger partial charge on any atom is -0.313 e. The van der Waals surface area contributed by atoms with E-state index in [-0.39, 0.29) is 0 Å². The summed E-state index contributed by atoms with van der Waals surface area (Å²) >= 11 is 0. The van der Waals surface area contributed by atoms with Crippen LogP contribution in [0.3, 0.4) is 0 Å². The van der Waals surface area contributed by atoms with Crippen molar-refractivity contribution < 1.29 is 4.79 Å². The van der Waals surface area contributed by atoms with Gasteiger partial charge < -0.3 is 5.32 Å². The smallest absolute Gasteiger partial charge is 0.156 e. The van der Waals surface area contributed by atoms with E-state index in [2.05, 4.69) is 5.32 Å². The summed E-state index contributed by atoms with van der Waals surface area (Å²) < 4.78 is 0. The summed E-state index contributed by atoms with van der Waals surface area (Å²) in [5.74, 6) is 0.914. The normalized spacial score (nSPS) is 31.8. The van der Waals surface area contributed by atoms with E-state index in [1.165, 1.54) is 5.57 Å². The number of piperidine rings is 1. The molecule has 1 heterocycles. The quantitative estimate of drug-likeness (QED) is 0.526. The van der Waals surface area contributed by atoms with E-state index in [0.717, 1.165) is 25.9 Å². The monoisotopic (exact) mass is 137 g/mol. The third kappa shape index (κ3) is 0.886. The lowest BCUT2D eigenvalue weighted by Gasteiger charge is -2.20. The highest BCUT2D eigenvalue weighted by atomic mass is 16.1. The highest BCUT2D eigenvalue weighted by molar-refractivity contribution is 5.93. The Bertz CT molecular complexity index is 195. The molecule has 2 heteroatoms. The van der Waals surface area contributed by atoms with E-state index >= 15 is 0 Å². The molecule has 1 aliphatic carbocycles. The van der Waals surface area contributed by atoms with Crippen molar-refractivity contribution in [3.8, 4) is 0 Å². The average molecular weight is 137 g/mol. The van der Waals surface area contributed by atoms with Crippen LogP contribution in [0, 0.1) is 5.92 Å². The predicted octanol–water partition coefficient (Wildman–Crippen LogP) is 0.495. The number of hydrogen-bond acceptors (Lipinski definition) is 2. The second-order valence-electron chi connectivity index (χ2n) is 3.05. The van der Waals surface area contributed by atoms with Crippen LogP contribution in [0.4, 0.5) is 0 Å². The van der Waals surface area contributed by atoms with Gasteiger partial charge in [-0.2, -0.15) is 0 Å². The van der Waals surface area contributed by atoms with Crippen LogP contribution in [0.25, 0.3) is 0 Å². The average Bonchev–Trinajstić information content (AvgIpc) is 2.27. The van der Waals surface area contributed by atoms with E-state index in [4.69, 9.17) is 0 Å². The summed E-state index contributed by atoms with van der Waals surface area (Å²) in [6, 6.07) is 0. The van der Waals surface area contributed by atoms with Crippen LogP contribution in [0.15, 0.2) is 11.6 Å². The fourth-order valence-corrected chi connectivity index (χ4v) is 1.75. The van der Waals surface area contributed by atoms with Gasteiger partial charge in [0.1, 0.15) is 0 Å². The lowest BCUT2D eigenvalue weighted by molar-refractivity contribution is -0.114. The summed E-state index contributed by atoms with van der Waals surface area (Å²) in [6.07, 6.45) is 3.74. The van der Waals surface area contributed by atoms with Crippen molar-refractivity contribution in [3.05, 3.63) is 11.6 Å². The maximum Gasteiger partial charge on any atom is 0.156 e. The van der Waals surface area contributed by atoms with E-state index in [1.54, 1.807) is 0 Å². The van der Waals surface area contributed by atoms with Crippen LogP contribution in [0.2, 0.25) is 0 Å². The maximum atomic E-state index is 10.9. The largest absolute Gasteiger partial charge is 0.313 e. The molecule has 1 fully saturated rings. The van der Waals surface area contributed by atoms with Crippen molar-refractivity contribution >= 4 is 5.78 Å². The Morgan fingerprint density at radius 1 is 1.60 bits per heavy atom. The molecule has 0 radical (unpaired) electrons. The Morgan fingerprint density at radius 3 is 3.30 bits per heavy atom. The molecule has 2 nitrogen and oxygen atoms in total. The van der Waals surface area contributed by atoms with Crippen LogP contribution in [-0.4, -0.2) is 18.9 Å². The van der Waals surface area contributed by atoms with Gasteiger partial charge in [-0.25, -0.2) is 0 Å². The van der Waals surface area contributed by atoms with Gasteiger partial charge in [0.15, 0.2) is 5.78 Å². The Kier molecular flexibility index (Phi) is 1.34. The van der Waals surface area contributed by atoms with Crippen molar-refractivity contribution in [1.82, 2.24) is 5.32 Å². The number of carbonyl (C=O) groups excluding carboxylic acids is 1. The molecule has 2 aliphatic rings. The number of hydrogen-bond donors (Lipinski definition) is 1. The first-order chi connectivity index (χ1) is 4.86. The van der Waals surface area contributed by atoms with Gasteiger partial charge in [0.25, 0.3) is 0 Å². The molecule has 0 aromatic rings. The van der Waals surface area contributed by atoms with Crippen LogP contribution in [0.5, 0.6) is 0 Å². The Balaban J connectivity index is 2.17. The molecule has 1 saturated heterocycles. The summed E-state index contributed by atoms with van der Waals surface area (Å²) in [7, 11) is 0. The minimum atomic E-state index is 0.323. The van der Waals surface area contributed by atoms with Crippen molar-refractivity contribution in [2.45, 2.75) is 12.8 Å². The van der Waals surface area contributed by atoms with Gasteiger partial charge in [-0.1, -0.05) is 0 Å². The fourth-order valence-electron chi connectivity index (χ4n) is 1.75. The first kappa shape index (κ1) is 6.10. The maximum absolute atomic E-state index is 10.9. The van der Waals surface area contributed by atoms with E-state index in [0.29, 0.717) is 11.7 Å². The highest BCUT2D eigenvalue weighted by Crippen LogP contribution is 2.27. The van der Waals surface area contributed by atoms with Gasteiger partial charge in [-0.05, 0) is 30.5 Å². The lowest BCUT2D eigenvalue weighted by Crippen LogP contribution is -2.28. The van der Waals surface area contributed by atoms with Crippen molar-refractivity contribution in [3.63, 3.8) is 0 Å². The molecule has 1 N–H and O–H groups in total. The molecule has 10 heavy (non-hydrogen) atoms. The Labute approximate surface area is 60.3 Å². The molecule has 0 spiro atoms. The topological polar surface area (TPSA) is 29.1 Å². The molecular formula is C8H11NO. The number of ketones is 1. The second kappa shape index (κ2) is 2.20. The molecule has 1 aliphatic heterocycles. The first-order valence-corrected chi connectivity index (χ1v) is 3.80. The molecule has 0 aromatic heterocycles. The van der Waals surface area contributed by atoms with Crippen molar-refractivity contribution in [2.24, 2.45) is 5.92 Å². The van der Waals surface area contributed by atoms with E-state index in [1.807, 2.05) is 6.08 Å². The van der Waals surface area contributed by atoms with Gasteiger partial charge in [-0.3, -0.25) is 4.79 Å². The van der Waals surface area contributed by atoms with Gasteiger partial charge >= 0.3 is 0 Å². The fraction of sp³-hybridized carbons (Fsp3) is 0.625. The zero-order valence-electron chi connectivity index (χ0n) is 5.89. The van der Waals surface area contributed by atoms with Gasteiger partial charge in [0.05, 0.1) is 0 Å². The first-order valence-electron chi connectivity index (χ1n) is 3.80. The van der Waals surface area contributed by atoms with E-state index in [9.17, 15) is 4.79 Å². The molecule has 54 valence electrons. The number of allylic oxidation sites excluding steroid dienone is 1. The number of nitrogens with one attached hydrogen (secondary N) is 1. The number of fused-ring (bicyclic) bond motifs is 1. The standard InChI is InChI=1S/C8H11NO/c10-8-3-6-1-2-9-5-7(6)4-8/h4,6,9H,1-3,5H2. The SMILES string of the molecule is O=C1C=C2CNCCC2C1. The van der Waals surface area contributed by atoms with Crippen molar-refractivity contribution in [1.29, 1.82) is 0 Å². The molecule has 1 unspecified atom stereocenters. The zero-order chi connectivity index (χ0) is 6.97. The summed E-state index contributed by atoms with van der Waals surface area (Å²) in [5.41, 5.74) is 1.33. The van der Waals surface area contributed by atoms with Gasteiger partial charge in [0.2, 0.25) is 0 Å². The summed E-state index contributed by atoms with van der Waals surface area (Å²) in [6.45, 7) is 2.02. The summed E-state index contributed by atoms with van der Waals surface area (Å²) in [4.78, 5) is 10.9. The molecule has 0 bridgehead atoms. The Morgan fingerprint density at radius 2 is 2.50 bits per heavy atom. The molecule has 0 amide bonds. The van der Waals surface area contributed by atoms with Crippen LogP contribution < -0.4 is 5.32 Å². The van der Waals surface area contributed by atoms with E-state index < -0.39 is 0 Å². The molecule has 2 rings (SSSR count). The third-order valence-electron chi connectivity index (χ3n) is 2.32. The molecule has 0 saturated carbocycles. The second-order valence-corrected chi connectivity index (χ2v) is 3.05. The predicted molar refractivity (Wildman–Crippen MR) is 38.7 cm³/mol. The molecule has 0 aromatic carbocycles. The Hall–Kier alpha value is -0.630. The number of rotatable bonds is 0. The minimum absolute atomic E-state index is 0.323. The van der Waals surface area contributed by atoms with Gasteiger partial charge in [-0.15, -0.1) is 0 Å². The number of carbonyl (C=O) groups is 1. The highest BCUT2D eigenvalue weighted by Gasteiger charge is 2.26. The molecule has 1 atom stereocenters. The van der Waals surface area contributed by atoms with Crippen LogP contribution in [0.1, 0.15) is 12.8 Å². The van der Waals surface area contributed by atoms with Crippen molar-refractivity contribution in [2.75, 3.05) is 13.1 Å². The van der Waals surface area contributed by atoms with Gasteiger partial charge in [0, 0.05) is 13.0 Å². The summed E-state index contributed by atoms with van der Waals surface area (Å²) in [5, 5.41) is 3.26. The van der Waals surface area contributed by atoms with Crippen LogP contribution >= 0.6 is 0 Å². The van der Waals surface area contributed by atoms with Crippen LogP contribution in [-0.2, 0) is 4.79 Å². The zero-order valence-corrected chi connectivity index (χ0v) is 5.89.